The average Bonchev–Trinajstić information content (AvgIpc) is 0.731. The maximum absolute atomic E-state index is 15.2. The van der Waals surface area contributed by atoms with Crippen molar-refractivity contribution in [2.45, 2.75) is 260 Å². The Kier molecular flexibility index (Phi) is 18.7. The van der Waals surface area contributed by atoms with Gasteiger partial charge in [0, 0.05) is 0 Å². The number of rotatable bonds is 13. The lowest BCUT2D eigenvalue weighted by atomic mass is 9.33. The van der Waals surface area contributed by atoms with Crippen molar-refractivity contribution in [2.75, 3.05) is 33.0 Å². The molecule has 5 saturated heterocycles. The number of aliphatic hydroxyl groups excluding tert-OH is 15. The summed E-state index contributed by atoms with van der Waals surface area (Å²) in [6.45, 7) is 13.1. The molecule has 31 atom stereocenters. The Morgan fingerprint density at radius 2 is 1.08 bits per heavy atom. The van der Waals surface area contributed by atoms with Gasteiger partial charge in [0.1, 0.15) is 110 Å². The van der Waals surface area contributed by atoms with Crippen LogP contribution < -0.4 is 0 Å². The Balaban J connectivity index is 0.871. The molecule has 0 amide bonds. The third kappa shape index (κ3) is 11.0. The summed E-state index contributed by atoms with van der Waals surface area (Å²) in [5, 5.41) is 160. The van der Waals surface area contributed by atoms with Gasteiger partial charge in [-0.3, -0.25) is 4.79 Å². The summed E-state index contributed by atoms with van der Waals surface area (Å²) in [4.78, 5) is 15.2. The van der Waals surface area contributed by atoms with Gasteiger partial charge in [-0.2, -0.15) is 0 Å². The van der Waals surface area contributed by atoms with E-state index in [1.165, 1.54) is 5.57 Å². The maximum Gasteiger partial charge on any atom is 0.315 e. The fraction of sp³-hybridized carbons (Fsp3) is 0.948. The highest BCUT2D eigenvalue weighted by atomic mass is 16.8. The molecule has 0 bridgehead atoms. The molecule has 482 valence electrons. The minimum atomic E-state index is -1.85. The third-order valence-electron chi connectivity index (χ3n) is 22.7. The van der Waals surface area contributed by atoms with Crippen LogP contribution in [-0.4, -0.2) is 263 Å². The number of fused-ring (bicyclic) bond motifs is 7. The topological polar surface area (TPSA) is 413 Å². The predicted octanol–water partition coefficient (Wildman–Crippen LogP) is -2.93. The van der Waals surface area contributed by atoms with Crippen molar-refractivity contribution in [1.82, 2.24) is 0 Å². The molecule has 9 fully saturated rings. The fourth-order valence-corrected chi connectivity index (χ4v) is 17.3. The lowest BCUT2D eigenvalue weighted by Crippen LogP contribution is -2.67. The van der Waals surface area contributed by atoms with Crippen molar-refractivity contribution in [3.63, 3.8) is 0 Å². The molecule has 10 rings (SSSR count). The van der Waals surface area contributed by atoms with Crippen LogP contribution >= 0.6 is 0 Å². The van der Waals surface area contributed by atoms with Crippen LogP contribution in [0.1, 0.15) is 113 Å². The van der Waals surface area contributed by atoms with Gasteiger partial charge < -0.3 is 124 Å². The van der Waals surface area contributed by atoms with Crippen LogP contribution in [0.4, 0.5) is 0 Å². The van der Waals surface area contributed by atoms with E-state index >= 15 is 4.79 Å². The van der Waals surface area contributed by atoms with E-state index in [1.54, 1.807) is 0 Å². The summed E-state index contributed by atoms with van der Waals surface area (Å²) in [5.74, 6) is -0.590. The van der Waals surface area contributed by atoms with Crippen LogP contribution in [0, 0.1) is 50.2 Å². The number of allylic oxidation sites excluding steroid dienone is 2. The molecule has 26 heteroatoms. The molecule has 0 aromatic heterocycles. The highest BCUT2D eigenvalue weighted by Crippen LogP contribution is 2.76. The first-order chi connectivity index (χ1) is 39.4. The van der Waals surface area contributed by atoms with Gasteiger partial charge in [0.15, 0.2) is 25.2 Å². The molecular weight excluding hydrogens is 1110 g/mol. The normalized spacial score (nSPS) is 53.7. The maximum atomic E-state index is 15.2. The van der Waals surface area contributed by atoms with E-state index in [0.717, 1.165) is 25.7 Å². The Morgan fingerprint density at radius 1 is 0.536 bits per heavy atom. The van der Waals surface area contributed by atoms with E-state index in [0.29, 0.717) is 38.5 Å². The number of hydrogen-bond donors (Lipinski definition) is 15. The minimum Gasteiger partial charge on any atom is -0.432 e. The van der Waals surface area contributed by atoms with Crippen molar-refractivity contribution in [1.29, 1.82) is 0 Å². The fourth-order valence-electron chi connectivity index (χ4n) is 17.3. The molecule has 84 heavy (non-hydrogen) atoms. The molecule has 31 unspecified atom stereocenters. The highest BCUT2D eigenvalue weighted by molar-refractivity contribution is 5.79. The number of carbonyl (C=O) groups is 1. The zero-order valence-electron chi connectivity index (χ0n) is 49.0. The highest BCUT2D eigenvalue weighted by Gasteiger charge is 2.70. The van der Waals surface area contributed by atoms with Gasteiger partial charge in [0.2, 0.25) is 6.29 Å². The predicted molar refractivity (Wildman–Crippen MR) is 283 cm³/mol. The van der Waals surface area contributed by atoms with Crippen LogP contribution in [0.15, 0.2) is 11.6 Å². The van der Waals surface area contributed by atoms with Gasteiger partial charge >= 0.3 is 5.97 Å². The first kappa shape index (κ1) is 65.2. The van der Waals surface area contributed by atoms with E-state index in [1.807, 2.05) is 0 Å². The molecule has 0 aromatic rings. The van der Waals surface area contributed by atoms with Gasteiger partial charge in [0.05, 0.1) is 44.6 Å². The molecule has 0 spiro atoms. The smallest absolute Gasteiger partial charge is 0.315 e. The van der Waals surface area contributed by atoms with Gasteiger partial charge in [-0.15, -0.1) is 0 Å². The van der Waals surface area contributed by atoms with Gasteiger partial charge in [-0.1, -0.05) is 60.1 Å². The largest absolute Gasteiger partial charge is 0.432 e. The van der Waals surface area contributed by atoms with Crippen LogP contribution in [0.2, 0.25) is 0 Å². The lowest BCUT2D eigenvalue weighted by molar-refractivity contribution is -0.384. The summed E-state index contributed by atoms with van der Waals surface area (Å²) in [6.07, 6.45) is -28.7. The molecule has 26 nitrogen and oxygen atoms in total. The second-order valence-electron chi connectivity index (χ2n) is 28.2. The number of hydrogen-bond acceptors (Lipinski definition) is 26. The SMILES string of the molecule is CC1(C)CCC2(C(=O)OC3OC(COC4OC(CO)C(O)C(O)C4O)C(O)C(O)C3O)CCC3(C)C(=CCC4C5(C)CCC(OC6OCC(O)C(OC7OC(CO)C(O)C(O)C7O)C6OC6OCC(O)C(O)C6O)C(C)(C)C5CCC43C)C2C1. The number of ether oxygens (including phenoxy) is 10. The summed E-state index contributed by atoms with van der Waals surface area (Å²) >= 11 is 0. The van der Waals surface area contributed by atoms with Crippen LogP contribution in [0.3, 0.4) is 0 Å². The van der Waals surface area contributed by atoms with E-state index in [-0.39, 0.29) is 46.0 Å². The van der Waals surface area contributed by atoms with E-state index < -0.39 is 191 Å². The lowest BCUT2D eigenvalue weighted by Gasteiger charge is -2.71. The average molecular weight is 1210 g/mol. The van der Waals surface area contributed by atoms with Crippen LogP contribution in [0.5, 0.6) is 0 Å². The van der Waals surface area contributed by atoms with E-state index in [4.69, 9.17) is 47.4 Å². The Morgan fingerprint density at radius 3 is 1.74 bits per heavy atom. The van der Waals surface area contributed by atoms with Crippen molar-refractivity contribution in [3.05, 3.63) is 11.6 Å². The van der Waals surface area contributed by atoms with Crippen molar-refractivity contribution < 1.29 is 129 Å². The molecule has 0 aromatic carbocycles. The summed E-state index contributed by atoms with van der Waals surface area (Å²) in [6, 6.07) is 0. The molecule has 4 saturated carbocycles. The first-order valence-electron chi connectivity index (χ1n) is 30.2. The number of aliphatic hydroxyl groups is 15. The van der Waals surface area contributed by atoms with Gasteiger partial charge in [0.25, 0.3) is 0 Å². The Hall–Kier alpha value is -1.75. The van der Waals surface area contributed by atoms with E-state index in [9.17, 15) is 76.6 Å². The first-order valence-corrected chi connectivity index (χ1v) is 30.2. The molecule has 10 aliphatic rings. The summed E-state index contributed by atoms with van der Waals surface area (Å²) in [7, 11) is 0. The second-order valence-corrected chi connectivity index (χ2v) is 28.2. The molecule has 5 heterocycles. The molecular formula is C58H94O26. The molecule has 5 aliphatic heterocycles. The van der Waals surface area contributed by atoms with Gasteiger partial charge in [-0.25, -0.2) is 0 Å². The monoisotopic (exact) mass is 1210 g/mol. The van der Waals surface area contributed by atoms with Crippen LogP contribution in [0.25, 0.3) is 0 Å². The summed E-state index contributed by atoms with van der Waals surface area (Å²) in [5.41, 5.74) is -1.39. The zero-order valence-corrected chi connectivity index (χ0v) is 49.0. The molecule has 15 N–H and O–H groups in total. The number of carbonyl (C=O) groups excluding carboxylic acids is 1. The Bertz CT molecular complexity index is 2330. The van der Waals surface area contributed by atoms with Crippen molar-refractivity contribution >= 4 is 5.97 Å². The van der Waals surface area contributed by atoms with E-state index in [2.05, 4.69) is 54.5 Å². The minimum absolute atomic E-state index is 0.0868. The zero-order chi connectivity index (χ0) is 61.1. The second kappa shape index (κ2) is 24.1. The van der Waals surface area contributed by atoms with Crippen LogP contribution in [-0.2, 0) is 52.2 Å². The standard InChI is InChI=1S/C58H94O26/c1-53(2)14-16-58(52(74)84-50-44(73)40(69)37(66)30(80-50)23-77-47-42(71)38(67)35(64)28(19-59)78-47)17-15-56(6)24(25(58)18-53)8-9-32-55(5)12-11-33(54(3,4)31(55)10-13-57(32,56)7)81-51-46(83-48-41(70)34(63)26(61)21-75-48)45(27(62)22-76-51)82-49-43(72)39(68)36(65)29(20-60)79-49/h8,25-51,59-73H,9-23H2,1-7H3. The number of esters is 1. The molecule has 0 radical (unpaired) electrons. The molecule has 5 aliphatic carbocycles. The van der Waals surface area contributed by atoms with Gasteiger partial charge in [-0.05, 0) is 109 Å². The van der Waals surface area contributed by atoms with Crippen molar-refractivity contribution in [2.24, 2.45) is 50.2 Å². The quantitative estimate of drug-likeness (QED) is 0.0499. The van der Waals surface area contributed by atoms with Crippen molar-refractivity contribution in [3.8, 4) is 0 Å². The third-order valence-corrected chi connectivity index (χ3v) is 22.7. The Labute approximate surface area is 488 Å². The summed E-state index contributed by atoms with van der Waals surface area (Å²) < 4.78 is 60.2.